The van der Waals surface area contributed by atoms with Crippen molar-refractivity contribution in [3.05, 3.63) is 0 Å². The van der Waals surface area contributed by atoms with Crippen molar-refractivity contribution in [1.29, 1.82) is 0 Å². The summed E-state index contributed by atoms with van der Waals surface area (Å²) in [5.41, 5.74) is 0. The first-order valence-corrected chi connectivity index (χ1v) is 8.31. The topological polar surface area (TPSA) is 69.6 Å². The lowest BCUT2D eigenvalue weighted by Crippen LogP contribution is -2.43. The number of nitrogens with one attached hydrogen (secondary N) is 1. The van der Waals surface area contributed by atoms with Gasteiger partial charge in [0.2, 0.25) is 5.91 Å². The van der Waals surface area contributed by atoms with E-state index in [1.807, 2.05) is 0 Å². The molecule has 0 spiro atoms. The number of nitrogens with zero attached hydrogens (tertiary/aromatic N) is 1. The first-order valence-electron chi connectivity index (χ1n) is 6.11. The van der Waals surface area contributed by atoms with Gasteiger partial charge in [-0.25, -0.2) is 4.79 Å². The van der Waals surface area contributed by atoms with Gasteiger partial charge in [0.1, 0.15) is 6.04 Å². The second-order valence-corrected chi connectivity index (χ2v) is 6.77. The summed E-state index contributed by atoms with van der Waals surface area (Å²) < 4.78 is 0. The van der Waals surface area contributed by atoms with Gasteiger partial charge in [-0.15, -0.1) is 23.5 Å². The highest BCUT2D eigenvalue weighted by atomic mass is 32.2. The largest absolute Gasteiger partial charge is 0.480 e. The molecular formula is C11H18N2O3S2. The average Bonchev–Trinajstić information content (AvgIpc) is 2.86. The summed E-state index contributed by atoms with van der Waals surface area (Å²) in [4.78, 5) is 24.5. The first kappa shape index (κ1) is 14.0. The van der Waals surface area contributed by atoms with Crippen LogP contribution in [-0.4, -0.2) is 63.6 Å². The van der Waals surface area contributed by atoms with E-state index in [-0.39, 0.29) is 5.91 Å². The number of rotatable bonds is 4. The van der Waals surface area contributed by atoms with E-state index in [2.05, 4.69) is 5.32 Å². The Bertz CT molecular complexity index is 321. The predicted molar refractivity (Wildman–Crippen MR) is 73.9 cm³/mol. The van der Waals surface area contributed by atoms with E-state index < -0.39 is 12.0 Å². The molecule has 2 heterocycles. The van der Waals surface area contributed by atoms with Crippen molar-refractivity contribution in [3.8, 4) is 0 Å². The van der Waals surface area contributed by atoms with Gasteiger partial charge in [-0.3, -0.25) is 4.79 Å². The number of hydrogen-bond donors (Lipinski definition) is 2. The Morgan fingerprint density at radius 2 is 2.11 bits per heavy atom. The summed E-state index contributed by atoms with van der Waals surface area (Å²) in [6.45, 7) is 2.03. The molecule has 0 saturated carbocycles. The minimum atomic E-state index is -0.889. The van der Waals surface area contributed by atoms with Crippen molar-refractivity contribution in [2.45, 2.75) is 24.1 Å². The van der Waals surface area contributed by atoms with Gasteiger partial charge in [-0.1, -0.05) is 0 Å². The standard InChI is InChI=1S/C11H18N2O3S2/c14-10(6-18-8-1-3-12-4-2-8)13-7-17-5-9(13)11(15)16/h8-9,12H,1-7H2,(H,15,16)/t9-/m0/s1. The van der Waals surface area contributed by atoms with E-state index in [9.17, 15) is 9.59 Å². The van der Waals surface area contributed by atoms with E-state index in [1.54, 1.807) is 11.8 Å². The Morgan fingerprint density at radius 1 is 1.39 bits per heavy atom. The summed E-state index contributed by atoms with van der Waals surface area (Å²) in [6, 6.07) is -0.629. The Labute approximate surface area is 115 Å². The molecule has 18 heavy (non-hydrogen) atoms. The van der Waals surface area contributed by atoms with Crippen molar-refractivity contribution in [1.82, 2.24) is 10.2 Å². The van der Waals surface area contributed by atoms with Crippen molar-refractivity contribution in [3.63, 3.8) is 0 Å². The predicted octanol–water partition coefficient (Wildman–Crippen LogP) is 0.458. The molecule has 2 N–H and O–H groups in total. The fraction of sp³-hybridized carbons (Fsp3) is 0.818. The van der Waals surface area contributed by atoms with Gasteiger partial charge in [-0.05, 0) is 25.9 Å². The summed E-state index contributed by atoms with van der Waals surface area (Å²) in [6.07, 6.45) is 2.18. The second-order valence-electron chi connectivity index (χ2n) is 4.48. The average molecular weight is 290 g/mol. The van der Waals surface area contributed by atoms with Crippen LogP contribution >= 0.6 is 23.5 Å². The minimum Gasteiger partial charge on any atom is -0.480 e. The molecule has 7 heteroatoms. The molecule has 0 bridgehead atoms. The third-order valence-corrected chi connectivity index (χ3v) is 5.59. The van der Waals surface area contributed by atoms with E-state index in [0.29, 0.717) is 22.6 Å². The number of aliphatic carboxylic acids is 1. The molecule has 0 aliphatic carbocycles. The normalized spacial score (nSPS) is 25.3. The molecule has 2 saturated heterocycles. The number of carboxylic acid groups (broad SMARTS) is 1. The van der Waals surface area contributed by atoms with Crippen LogP contribution in [0.15, 0.2) is 0 Å². The molecular weight excluding hydrogens is 272 g/mol. The zero-order chi connectivity index (χ0) is 13.0. The molecule has 0 unspecified atom stereocenters. The summed E-state index contributed by atoms with van der Waals surface area (Å²) in [7, 11) is 0. The van der Waals surface area contributed by atoms with Crippen molar-refractivity contribution in [2.24, 2.45) is 0 Å². The van der Waals surface area contributed by atoms with Crippen LogP contribution in [0.1, 0.15) is 12.8 Å². The Balaban J connectivity index is 1.78. The lowest BCUT2D eigenvalue weighted by atomic mass is 10.2. The zero-order valence-corrected chi connectivity index (χ0v) is 11.8. The maximum atomic E-state index is 12.0. The zero-order valence-electron chi connectivity index (χ0n) is 10.1. The van der Waals surface area contributed by atoms with Crippen LogP contribution in [0.5, 0.6) is 0 Å². The van der Waals surface area contributed by atoms with Gasteiger partial charge in [0.25, 0.3) is 0 Å². The number of hydrogen-bond acceptors (Lipinski definition) is 5. The Kier molecular flexibility index (Phi) is 5.20. The molecule has 2 fully saturated rings. The number of carboxylic acids is 1. The maximum absolute atomic E-state index is 12.0. The molecule has 2 aliphatic heterocycles. The van der Waals surface area contributed by atoms with Gasteiger partial charge < -0.3 is 15.3 Å². The molecule has 1 atom stereocenters. The fourth-order valence-electron chi connectivity index (χ4n) is 2.13. The van der Waals surface area contributed by atoms with Crippen LogP contribution in [0.25, 0.3) is 0 Å². The third kappa shape index (κ3) is 3.55. The van der Waals surface area contributed by atoms with E-state index in [4.69, 9.17) is 5.11 Å². The minimum absolute atomic E-state index is 0.0315. The first-order chi connectivity index (χ1) is 8.68. The second kappa shape index (κ2) is 6.68. The number of piperidine rings is 1. The van der Waals surface area contributed by atoms with Crippen LogP contribution in [0.2, 0.25) is 0 Å². The lowest BCUT2D eigenvalue weighted by Gasteiger charge is -2.24. The smallest absolute Gasteiger partial charge is 0.327 e. The number of amides is 1. The van der Waals surface area contributed by atoms with Crippen LogP contribution < -0.4 is 5.32 Å². The highest BCUT2D eigenvalue weighted by Gasteiger charge is 2.34. The number of thioether (sulfide) groups is 2. The van der Waals surface area contributed by atoms with Crippen LogP contribution in [-0.2, 0) is 9.59 Å². The molecule has 0 aromatic rings. The van der Waals surface area contributed by atoms with E-state index >= 15 is 0 Å². The Hall–Kier alpha value is -0.400. The fourth-order valence-corrected chi connectivity index (χ4v) is 4.41. The van der Waals surface area contributed by atoms with E-state index in [0.717, 1.165) is 25.9 Å². The van der Waals surface area contributed by atoms with Crippen molar-refractivity contribution >= 4 is 35.4 Å². The molecule has 1 amide bonds. The van der Waals surface area contributed by atoms with Crippen molar-refractivity contribution < 1.29 is 14.7 Å². The maximum Gasteiger partial charge on any atom is 0.327 e. The van der Waals surface area contributed by atoms with Gasteiger partial charge in [-0.2, -0.15) is 0 Å². The molecule has 2 aliphatic rings. The SMILES string of the molecule is O=C(O)[C@@H]1CSCN1C(=O)CSC1CCNCC1. The molecule has 2 rings (SSSR count). The van der Waals surface area contributed by atoms with Gasteiger partial charge >= 0.3 is 5.97 Å². The molecule has 0 aromatic heterocycles. The third-order valence-electron chi connectivity index (χ3n) is 3.22. The van der Waals surface area contributed by atoms with Crippen molar-refractivity contribution in [2.75, 3.05) is 30.5 Å². The summed E-state index contributed by atoms with van der Waals surface area (Å²) in [5, 5.41) is 12.9. The van der Waals surface area contributed by atoms with Crippen LogP contribution in [0.4, 0.5) is 0 Å². The van der Waals surface area contributed by atoms with Crippen LogP contribution in [0, 0.1) is 0 Å². The quantitative estimate of drug-likeness (QED) is 0.784. The highest BCUT2D eigenvalue weighted by molar-refractivity contribution is 8.00. The number of carbonyl (C=O) groups is 2. The summed E-state index contributed by atoms with van der Waals surface area (Å²) >= 11 is 3.19. The molecule has 0 aromatic carbocycles. The molecule has 0 radical (unpaired) electrons. The molecule has 5 nitrogen and oxygen atoms in total. The van der Waals surface area contributed by atoms with Gasteiger partial charge in [0.05, 0.1) is 11.6 Å². The van der Waals surface area contributed by atoms with Crippen LogP contribution in [0.3, 0.4) is 0 Å². The van der Waals surface area contributed by atoms with Gasteiger partial charge in [0.15, 0.2) is 0 Å². The summed E-state index contributed by atoms with van der Waals surface area (Å²) in [5.74, 6) is 0.521. The number of carbonyl (C=O) groups excluding carboxylic acids is 1. The Morgan fingerprint density at radius 3 is 2.78 bits per heavy atom. The lowest BCUT2D eigenvalue weighted by molar-refractivity contribution is -0.146. The monoisotopic (exact) mass is 290 g/mol. The van der Waals surface area contributed by atoms with E-state index in [1.165, 1.54) is 16.7 Å². The van der Waals surface area contributed by atoms with Gasteiger partial charge in [0, 0.05) is 11.0 Å². The highest BCUT2D eigenvalue weighted by Crippen LogP contribution is 2.25. The molecule has 102 valence electrons.